The van der Waals surface area contributed by atoms with Crippen LogP contribution in [0.15, 0.2) is 83.7 Å². The molecule has 0 fully saturated rings. The number of fused-ring (bicyclic) bond motifs is 1. The van der Waals surface area contributed by atoms with Crippen molar-refractivity contribution in [3.63, 3.8) is 0 Å². The number of nitrogens with zero attached hydrogens (tertiary/aromatic N) is 2. The Morgan fingerprint density at radius 2 is 1.73 bits per heavy atom. The highest BCUT2D eigenvalue weighted by Gasteiger charge is 2.16. The largest absolute Gasteiger partial charge is 0.493 e. The van der Waals surface area contributed by atoms with Gasteiger partial charge in [-0.25, -0.2) is 4.68 Å². The van der Waals surface area contributed by atoms with Crippen LogP contribution < -0.4 is 15.0 Å². The molecule has 1 atom stereocenters. The highest BCUT2D eigenvalue weighted by Crippen LogP contribution is 2.29. The smallest absolute Gasteiger partial charge is 0.274 e. The first kappa shape index (κ1) is 22.3. The molecule has 1 aromatic heterocycles. The van der Waals surface area contributed by atoms with Gasteiger partial charge in [-0.2, -0.15) is 5.10 Å². The van der Waals surface area contributed by atoms with Gasteiger partial charge in [0.25, 0.3) is 5.56 Å². The van der Waals surface area contributed by atoms with Gasteiger partial charge in [-0.15, -0.1) is 0 Å². The van der Waals surface area contributed by atoms with E-state index < -0.39 is 6.10 Å². The zero-order chi connectivity index (χ0) is 23.2. The summed E-state index contributed by atoms with van der Waals surface area (Å²) in [7, 11) is 1.57. The number of ether oxygens (including phenoxy) is 2. The summed E-state index contributed by atoms with van der Waals surface area (Å²) in [6.07, 6.45) is 2.96. The zero-order valence-corrected chi connectivity index (χ0v) is 18.6. The Morgan fingerprint density at radius 1 is 1.00 bits per heavy atom. The Bertz CT molecular complexity index is 1330. The van der Waals surface area contributed by atoms with Gasteiger partial charge < -0.3 is 14.6 Å². The Kier molecular flexibility index (Phi) is 6.86. The summed E-state index contributed by atoms with van der Waals surface area (Å²) in [5.41, 5.74) is 2.33. The highest BCUT2D eigenvalue weighted by molar-refractivity contribution is 5.93. The third-order valence-electron chi connectivity index (χ3n) is 5.28. The van der Waals surface area contributed by atoms with E-state index in [1.54, 1.807) is 19.2 Å². The maximum absolute atomic E-state index is 13.0. The monoisotopic (exact) mass is 442 g/mol. The van der Waals surface area contributed by atoms with Crippen LogP contribution in [0.4, 0.5) is 0 Å². The third kappa shape index (κ3) is 4.96. The predicted molar refractivity (Wildman–Crippen MR) is 131 cm³/mol. The van der Waals surface area contributed by atoms with Gasteiger partial charge in [-0.3, -0.25) is 4.79 Å². The van der Waals surface area contributed by atoms with Crippen molar-refractivity contribution in [2.24, 2.45) is 0 Å². The van der Waals surface area contributed by atoms with Crippen LogP contribution in [0.2, 0.25) is 0 Å². The Balaban J connectivity index is 1.58. The predicted octanol–water partition coefficient (Wildman–Crippen LogP) is 4.55. The summed E-state index contributed by atoms with van der Waals surface area (Å²) in [6, 6.07) is 22.6. The first-order chi connectivity index (χ1) is 16.1. The molecule has 33 heavy (non-hydrogen) atoms. The van der Waals surface area contributed by atoms with E-state index in [-0.39, 0.29) is 18.7 Å². The molecule has 0 radical (unpaired) electrons. The first-order valence-electron chi connectivity index (χ1n) is 10.8. The average molecular weight is 443 g/mol. The Morgan fingerprint density at radius 3 is 2.45 bits per heavy atom. The molecular weight excluding hydrogens is 416 g/mol. The summed E-state index contributed by atoms with van der Waals surface area (Å²) >= 11 is 0. The van der Waals surface area contributed by atoms with Gasteiger partial charge in [-0.05, 0) is 30.7 Å². The minimum absolute atomic E-state index is 0.00245. The van der Waals surface area contributed by atoms with E-state index in [1.807, 2.05) is 79.7 Å². The van der Waals surface area contributed by atoms with Gasteiger partial charge in [0, 0.05) is 10.9 Å². The fourth-order valence-corrected chi connectivity index (χ4v) is 3.71. The molecule has 1 unspecified atom stereocenters. The molecule has 0 saturated heterocycles. The summed E-state index contributed by atoms with van der Waals surface area (Å²) in [5, 5.41) is 16.6. The fourth-order valence-electron chi connectivity index (χ4n) is 3.71. The molecule has 0 aliphatic rings. The molecule has 6 nitrogen and oxygen atoms in total. The number of benzene rings is 3. The van der Waals surface area contributed by atoms with Crippen molar-refractivity contribution in [1.29, 1.82) is 0 Å². The van der Waals surface area contributed by atoms with E-state index in [1.165, 1.54) is 4.68 Å². The van der Waals surface area contributed by atoms with Crippen LogP contribution in [0.3, 0.4) is 0 Å². The van der Waals surface area contributed by atoms with Crippen LogP contribution in [0, 0.1) is 0 Å². The van der Waals surface area contributed by atoms with E-state index in [4.69, 9.17) is 9.47 Å². The van der Waals surface area contributed by atoms with Crippen molar-refractivity contribution < 1.29 is 14.6 Å². The van der Waals surface area contributed by atoms with Crippen molar-refractivity contribution in [2.75, 3.05) is 13.7 Å². The fraction of sp³-hybridized carbons (Fsp3) is 0.185. The number of rotatable bonds is 8. The number of allylic oxidation sites excluding steroid dienone is 1. The van der Waals surface area contributed by atoms with E-state index in [2.05, 4.69) is 5.10 Å². The molecule has 0 saturated carbocycles. The maximum atomic E-state index is 13.0. The van der Waals surface area contributed by atoms with E-state index in [0.29, 0.717) is 22.6 Å². The third-order valence-corrected chi connectivity index (χ3v) is 5.28. The summed E-state index contributed by atoms with van der Waals surface area (Å²) in [5.74, 6) is 1.10. The van der Waals surface area contributed by atoms with Crippen molar-refractivity contribution in [3.8, 4) is 22.8 Å². The highest BCUT2D eigenvalue weighted by atomic mass is 16.5. The Labute approximate surface area is 192 Å². The van der Waals surface area contributed by atoms with Crippen molar-refractivity contribution in [3.05, 3.63) is 94.8 Å². The molecule has 0 spiro atoms. The molecule has 168 valence electrons. The van der Waals surface area contributed by atoms with Crippen LogP contribution in [0.5, 0.6) is 11.5 Å². The second-order valence-corrected chi connectivity index (χ2v) is 7.62. The lowest BCUT2D eigenvalue weighted by Crippen LogP contribution is -2.32. The number of hydrogen-bond acceptors (Lipinski definition) is 5. The quantitative estimate of drug-likeness (QED) is 0.434. The lowest BCUT2D eigenvalue weighted by atomic mass is 10.1. The lowest BCUT2D eigenvalue weighted by Gasteiger charge is -2.17. The number of methoxy groups -OCH3 is 1. The van der Waals surface area contributed by atoms with Gasteiger partial charge >= 0.3 is 0 Å². The molecule has 0 aliphatic carbocycles. The van der Waals surface area contributed by atoms with Gasteiger partial charge in [0.2, 0.25) is 0 Å². The van der Waals surface area contributed by atoms with Gasteiger partial charge in [-0.1, -0.05) is 66.7 Å². The molecule has 6 heteroatoms. The molecular formula is C27H26N2O4. The molecule has 0 aliphatic heterocycles. The van der Waals surface area contributed by atoms with Crippen LogP contribution in [-0.2, 0) is 6.54 Å². The number of aliphatic hydroxyl groups excluding tert-OH is 1. The topological polar surface area (TPSA) is 73.6 Å². The molecule has 1 heterocycles. The first-order valence-corrected chi connectivity index (χ1v) is 10.8. The van der Waals surface area contributed by atoms with E-state index >= 15 is 0 Å². The normalized spacial score (nSPS) is 12.2. The second kappa shape index (κ2) is 10.1. The van der Waals surface area contributed by atoms with Crippen molar-refractivity contribution >= 4 is 16.8 Å². The minimum atomic E-state index is -0.945. The SMILES string of the molecule is C/C=C/c1ccc(OCC(O)Cn2nc(-c3ccccc3)c3ccccc3c2=O)c(OC)c1. The van der Waals surface area contributed by atoms with Gasteiger partial charge in [0.15, 0.2) is 11.5 Å². The molecule has 3 aromatic carbocycles. The summed E-state index contributed by atoms with van der Waals surface area (Å²) in [6.45, 7) is 1.93. The average Bonchev–Trinajstić information content (AvgIpc) is 2.85. The summed E-state index contributed by atoms with van der Waals surface area (Å²) < 4.78 is 12.5. The van der Waals surface area contributed by atoms with Crippen molar-refractivity contribution in [2.45, 2.75) is 19.6 Å². The number of aliphatic hydroxyl groups is 1. The number of hydrogen-bond donors (Lipinski definition) is 1. The van der Waals surface area contributed by atoms with Crippen LogP contribution >= 0.6 is 0 Å². The van der Waals surface area contributed by atoms with E-state index in [0.717, 1.165) is 16.5 Å². The van der Waals surface area contributed by atoms with E-state index in [9.17, 15) is 9.90 Å². The Hall–Kier alpha value is -3.90. The van der Waals surface area contributed by atoms with Gasteiger partial charge in [0.05, 0.1) is 24.7 Å². The molecule has 4 aromatic rings. The number of aromatic nitrogens is 2. The zero-order valence-electron chi connectivity index (χ0n) is 18.6. The van der Waals surface area contributed by atoms with Crippen molar-refractivity contribution in [1.82, 2.24) is 9.78 Å². The summed E-state index contributed by atoms with van der Waals surface area (Å²) in [4.78, 5) is 13.0. The molecule has 0 bridgehead atoms. The van der Waals surface area contributed by atoms with Crippen LogP contribution in [0.1, 0.15) is 12.5 Å². The lowest BCUT2D eigenvalue weighted by molar-refractivity contribution is 0.0868. The second-order valence-electron chi connectivity index (χ2n) is 7.62. The van der Waals surface area contributed by atoms with Gasteiger partial charge in [0.1, 0.15) is 12.7 Å². The maximum Gasteiger partial charge on any atom is 0.274 e. The standard InChI is InChI=1S/C27H26N2O4/c1-3-9-19-14-15-24(25(16-19)32-2)33-18-21(30)17-29-27(31)23-13-8-7-12-22(23)26(28-29)20-10-5-4-6-11-20/h3-16,21,30H,17-18H2,1-2H3/b9-3+. The molecule has 1 N–H and O–H groups in total. The molecule has 4 rings (SSSR count). The van der Waals surface area contributed by atoms with Crippen LogP contribution in [0.25, 0.3) is 28.1 Å². The molecule has 0 amide bonds. The minimum Gasteiger partial charge on any atom is -0.493 e. The van der Waals surface area contributed by atoms with Crippen LogP contribution in [-0.4, -0.2) is 34.7 Å².